The third-order valence-electron chi connectivity index (χ3n) is 6.67. The van der Waals surface area contributed by atoms with E-state index in [1.165, 1.54) is 27.7 Å². The molecule has 0 atom stereocenters. The molecule has 0 N–H and O–H groups in total. The van der Waals surface area contributed by atoms with Crippen molar-refractivity contribution in [3.63, 3.8) is 0 Å². The van der Waals surface area contributed by atoms with Crippen molar-refractivity contribution in [2.24, 2.45) is 7.05 Å². The highest BCUT2D eigenvalue weighted by Gasteiger charge is 2.19. The Bertz CT molecular complexity index is 1850. The summed E-state index contributed by atoms with van der Waals surface area (Å²) in [6.45, 7) is 2.17. The van der Waals surface area contributed by atoms with E-state index < -0.39 is 0 Å². The van der Waals surface area contributed by atoms with Gasteiger partial charge in [-0.25, -0.2) is 0 Å². The lowest BCUT2D eigenvalue weighted by molar-refractivity contribution is -0.633. The molecule has 0 radical (unpaired) electrons. The lowest BCUT2D eigenvalue weighted by Crippen LogP contribution is -2.32. The number of hydrogen-bond donors (Lipinski definition) is 0. The zero-order chi connectivity index (χ0) is 21.4. The summed E-state index contributed by atoms with van der Waals surface area (Å²) in [7, 11) is 2.12. The van der Waals surface area contributed by atoms with Gasteiger partial charge < -0.3 is 8.83 Å². The Balaban J connectivity index is 1.50. The van der Waals surface area contributed by atoms with Crippen LogP contribution in [0.4, 0.5) is 0 Å². The quantitative estimate of drug-likeness (QED) is 0.261. The molecule has 0 spiro atoms. The second kappa shape index (κ2) is 6.21. The molecule has 152 valence electrons. The zero-order valence-corrected chi connectivity index (χ0v) is 17.8. The number of furan rings is 2. The first-order valence-electron chi connectivity index (χ1n) is 10.8. The summed E-state index contributed by atoms with van der Waals surface area (Å²) in [4.78, 5) is 0. The van der Waals surface area contributed by atoms with Crippen molar-refractivity contribution >= 4 is 54.8 Å². The average molecular weight is 414 g/mol. The molecular weight excluding hydrogens is 394 g/mol. The summed E-state index contributed by atoms with van der Waals surface area (Å²) in [5, 5.41) is 5.64. The molecule has 3 aromatic heterocycles. The van der Waals surface area contributed by atoms with Crippen LogP contribution in [0.15, 0.2) is 93.8 Å². The number of aryl methyl sites for hydroxylation is 2. The Hall–Kier alpha value is -4.11. The maximum atomic E-state index is 6.37. The summed E-state index contributed by atoms with van der Waals surface area (Å²) in [6.07, 6.45) is 0. The fourth-order valence-electron chi connectivity index (χ4n) is 5.04. The molecule has 7 rings (SSSR count). The Morgan fingerprint density at radius 1 is 0.594 bits per heavy atom. The molecule has 32 heavy (non-hydrogen) atoms. The van der Waals surface area contributed by atoms with Crippen molar-refractivity contribution in [3.8, 4) is 11.3 Å². The number of pyridine rings is 1. The van der Waals surface area contributed by atoms with Gasteiger partial charge in [0.15, 0.2) is 0 Å². The van der Waals surface area contributed by atoms with Crippen molar-refractivity contribution in [2.45, 2.75) is 6.92 Å². The number of aromatic nitrogens is 1. The molecule has 0 unspecified atom stereocenters. The molecule has 0 fully saturated rings. The molecule has 0 aliphatic heterocycles. The average Bonchev–Trinajstić information content (AvgIpc) is 3.34. The van der Waals surface area contributed by atoms with Gasteiger partial charge in [-0.05, 0) is 55.0 Å². The van der Waals surface area contributed by atoms with Gasteiger partial charge in [0.05, 0.1) is 5.56 Å². The minimum absolute atomic E-state index is 0.887. The number of fused-ring (bicyclic) bond motifs is 7. The van der Waals surface area contributed by atoms with Crippen molar-refractivity contribution < 1.29 is 13.4 Å². The minimum atomic E-state index is 0.887. The molecule has 3 nitrogen and oxygen atoms in total. The normalized spacial score (nSPS) is 12.1. The van der Waals surface area contributed by atoms with Crippen LogP contribution in [0.2, 0.25) is 0 Å². The number of hydrogen-bond acceptors (Lipinski definition) is 2. The van der Waals surface area contributed by atoms with Crippen LogP contribution >= 0.6 is 0 Å². The van der Waals surface area contributed by atoms with E-state index in [0.29, 0.717) is 0 Å². The Morgan fingerprint density at radius 3 is 2.12 bits per heavy atom. The molecule has 3 heteroatoms. The van der Waals surface area contributed by atoms with Crippen molar-refractivity contribution in [1.29, 1.82) is 0 Å². The van der Waals surface area contributed by atoms with Crippen LogP contribution in [0.1, 0.15) is 5.56 Å². The summed E-state index contributed by atoms with van der Waals surface area (Å²) >= 11 is 0. The van der Waals surface area contributed by atoms with Gasteiger partial charge in [0.2, 0.25) is 11.2 Å². The van der Waals surface area contributed by atoms with Gasteiger partial charge in [0.1, 0.15) is 29.4 Å². The molecule has 0 aliphatic carbocycles. The summed E-state index contributed by atoms with van der Waals surface area (Å²) in [5.74, 6) is 0. The van der Waals surface area contributed by atoms with Gasteiger partial charge >= 0.3 is 0 Å². The number of nitrogens with zero attached hydrogens (tertiary/aromatic N) is 1. The van der Waals surface area contributed by atoms with E-state index in [4.69, 9.17) is 8.83 Å². The first-order valence-corrected chi connectivity index (χ1v) is 10.8. The van der Waals surface area contributed by atoms with Crippen molar-refractivity contribution in [3.05, 3.63) is 90.5 Å². The largest absolute Gasteiger partial charge is 0.456 e. The highest BCUT2D eigenvalue weighted by atomic mass is 16.3. The predicted octanol–water partition coefficient (Wildman–Crippen LogP) is 7.44. The molecular formula is C29H20NO2+. The van der Waals surface area contributed by atoms with Gasteiger partial charge in [0, 0.05) is 39.1 Å². The van der Waals surface area contributed by atoms with E-state index in [-0.39, 0.29) is 0 Å². The molecule has 0 amide bonds. The van der Waals surface area contributed by atoms with Gasteiger partial charge in [-0.2, -0.15) is 4.57 Å². The van der Waals surface area contributed by atoms with Crippen LogP contribution < -0.4 is 4.57 Å². The van der Waals surface area contributed by atoms with Crippen LogP contribution in [0, 0.1) is 6.92 Å². The monoisotopic (exact) mass is 414 g/mol. The van der Waals surface area contributed by atoms with E-state index >= 15 is 0 Å². The second-order valence-electron chi connectivity index (χ2n) is 8.54. The summed E-state index contributed by atoms with van der Waals surface area (Å²) in [6, 6.07) is 29.6. The molecule has 0 saturated carbocycles. The van der Waals surface area contributed by atoms with Crippen LogP contribution in [-0.2, 0) is 7.05 Å². The van der Waals surface area contributed by atoms with Gasteiger partial charge in [0.25, 0.3) is 0 Å². The van der Waals surface area contributed by atoms with Crippen LogP contribution in [0.5, 0.6) is 0 Å². The lowest BCUT2D eigenvalue weighted by atomic mass is 10.00. The fourth-order valence-corrected chi connectivity index (χ4v) is 5.04. The first kappa shape index (κ1) is 17.6. The molecule has 7 aromatic rings. The fraction of sp³-hybridized carbons (Fsp3) is 0.0690. The molecule has 4 aromatic carbocycles. The van der Waals surface area contributed by atoms with Crippen LogP contribution in [0.25, 0.3) is 66.0 Å². The maximum Gasteiger partial charge on any atom is 0.213 e. The molecule has 3 heterocycles. The number of benzene rings is 4. The minimum Gasteiger partial charge on any atom is -0.456 e. The second-order valence-corrected chi connectivity index (χ2v) is 8.54. The van der Waals surface area contributed by atoms with E-state index in [0.717, 1.165) is 43.9 Å². The highest BCUT2D eigenvalue weighted by Crippen LogP contribution is 2.38. The van der Waals surface area contributed by atoms with Gasteiger partial charge in [-0.1, -0.05) is 30.3 Å². The smallest absolute Gasteiger partial charge is 0.213 e. The summed E-state index contributed by atoms with van der Waals surface area (Å²) in [5.41, 5.74) is 8.36. The maximum absolute atomic E-state index is 6.37. The SMILES string of the molecule is Cc1cc2c(cc1-c1ccc3ccccc3[n+]1C)oc1cc3c(cc12)oc1ccccc13. The van der Waals surface area contributed by atoms with E-state index in [9.17, 15) is 0 Å². The summed E-state index contributed by atoms with van der Waals surface area (Å²) < 4.78 is 14.7. The van der Waals surface area contributed by atoms with Crippen LogP contribution in [0.3, 0.4) is 0 Å². The third kappa shape index (κ3) is 2.33. The Labute approximate surface area is 184 Å². The van der Waals surface area contributed by atoms with E-state index in [1.807, 2.05) is 18.2 Å². The van der Waals surface area contributed by atoms with Crippen molar-refractivity contribution in [2.75, 3.05) is 0 Å². The Kier molecular flexibility index (Phi) is 3.41. The molecule has 0 bridgehead atoms. The standard InChI is InChI=1S/C29H20NO2/c1-17-13-21-23-16-28-22(19-8-4-6-10-26(19)31-28)15-29(23)32-27(21)14-20(17)25-12-11-18-7-3-5-9-24(18)30(25)2/h3-16H,1-2H3/q+1. The van der Waals surface area contributed by atoms with Gasteiger partial charge in [-0.15, -0.1) is 0 Å². The van der Waals surface area contributed by atoms with E-state index in [1.54, 1.807) is 0 Å². The number of rotatable bonds is 1. The first-order chi connectivity index (χ1) is 15.7. The zero-order valence-electron chi connectivity index (χ0n) is 17.8. The lowest BCUT2D eigenvalue weighted by Gasteiger charge is -2.07. The molecule has 0 saturated heterocycles. The van der Waals surface area contributed by atoms with Crippen LogP contribution in [-0.4, -0.2) is 0 Å². The van der Waals surface area contributed by atoms with Gasteiger partial charge in [-0.3, -0.25) is 0 Å². The third-order valence-corrected chi connectivity index (χ3v) is 6.67. The molecule has 0 aliphatic rings. The Morgan fingerprint density at radius 2 is 1.25 bits per heavy atom. The van der Waals surface area contributed by atoms with E-state index in [2.05, 4.69) is 85.3 Å². The number of para-hydroxylation sites is 2. The topological polar surface area (TPSA) is 30.2 Å². The predicted molar refractivity (Wildman–Crippen MR) is 130 cm³/mol. The van der Waals surface area contributed by atoms with Crippen molar-refractivity contribution in [1.82, 2.24) is 0 Å². The highest BCUT2D eigenvalue weighted by molar-refractivity contribution is 6.15.